The van der Waals surface area contributed by atoms with Crippen molar-refractivity contribution in [3.8, 4) is 0 Å². The van der Waals surface area contributed by atoms with E-state index in [4.69, 9.17) is 10.8 Å². The van der Waals surface area contributed by atoms with Gasteiger partial charge >= 0.3 is 5.97 Å². The van der Waals surface area contributed by atoms with Crippen molar-refractivity contribution in [2.45, 2.75) is 6.04 Å². The van der Waals surface area contributed by atoms with Crippen LogP contribution in [0.2, 0.25) is 0 Å². The maximum atomic E-state index is 12.7. The fraction of sp³-hybridized carbons (Fsp3) is 0.111. The standard InChI is InChI=1S/C9H9FN2O3/c10-5-2-1-3-6(4-5)12-8(13)7(11)9(14)15/h1-4,7H,11H2,(H,12,13)(H,14,15). The molecule has 80 valence electrons. The van der Waals surface area contributed by atoms with Gasteiger partial charge in [-0.3, -0.25) is 4.79 Å². The van der Waals surface area contributed by atoms with Crippen molar-refractivity contribution in [3.63, 3.8) is 0 Å². The lowest BCUT2D eigenvalue weighted by molar-refractivity contribution is -0.141. The minimum absolute atomic E-state index is 0.164. The minimum atomic E-state index is -1.66. The van der Waals surface area contributed by atoms with E-state index in [-0.39, 0.29) is 5.69 Å². The largest absolute Gasteiger partial charge is 0.480 e. The molecule has 1 aromatic rings. The van der Waals surface area contributed by atoms with Crippen LogP contribution < -0.4 is 11.1 Å². The predicted octanol–water partition coefficient (Wildman–Crippen LogP) is 0.176. The highest BCUT2D eigenvalue weighted by Crippen LogP contribution is 2.08. The third-order valence-electron chi connectivity index (χ3n) is 1.64. The Morgan fingerprint density at radius 2 is 2.13 bits per heavy atom. The molecule has 1 unspecified atom stereocenters. The van der Waals surface area contributed by atoms with Crippen molar-refractivity contribution in [3.05, 3.63) is 30.1 Å². The number of hydrogen-bond acceptors (Lipinski definition) is 3. The molecule has 0 aromatic heterocycles. The van der Waals surface area contributed by atoms with Crippen LogP contribution in [0.4, 0.5) is 10.1 Å². The van der Waals surface area contributed by atoms with E-state index < -0.39 is 23.7 Å². The number of carboxylic acids is 1. The van der Waals surface area contributed by atoms with Crippen LogP contribution in [0.1, 0.15) is 0 Å². The molecule has 0 saturated heterocycles. The minimum Gasteiger partial charge on any atom is -0.480 e. The van der Waals surface area contributed by atoms with Gasteiger partial charge < -0.3 is 16.2 Å². The molecule has 1 aromatic carbocycles. The van der Waals surface area contributed by atoms with E-state index in [1.807, 2.05) is 0 Å². The smallest absolute Gasteiger partial charge is 0.330 e. The second kappa shape index (κ2) is 4.52. The van der Waals surface area contributed by atoms with E-state index in [0.29, 0.717) is 0 Å². The van der Waals surface area contributed by atoms with Crippen molar-refractivity contribution in [1.82, 2.24) is 0 Å². The highest BCUT2D eigenvalue weighted by atomic mass is 19.1. The Hall–Kier alpha value is -1.95. The zero-order valence-corrected chi connectivity index (χ0v) is 7.61. The van der Waals surface area contributed by atoms with Gasteiger partial charge in [-0.15, -0.1) is 0 Å². The second-order valence-corrected chi connectivity index (χ2v) is 2.82. The van der Waals surface area contributed by atoms with Crippen molar-refractivity contribution in [2.24, 2.45) is 5.73 Å². The van der Waals surface area contributed by atoms with E-state index in [1.165, 1.54) is 18.2 Å². The van der Waals surface area contributed by atoms with Gasteiger partial charge in [0.05, 0.1) is 0 Å². The number of nitrogens with two attached hydrogens (primary N) is 1. The van der Waals surface area contributed by atoms with Crippen molar-refractivity contribution in [1.29, 1.82) is 0 Å². The number of amides is 1. The molecule has 0 aliphatic heterocycles. The van der Waals surface area contributed by atoms with Gasteiger partial charge in [0.2, 0.25) is 0 Å². The number of carbonyl (C=O) groups excluding carboxylic acids is 1. The Bertz CT molecular complexity index is 395. The summed E-state index contributed by atoms with van der Waals surface area (Å²) in [6.07, 6.45) is 0. The molecular formula is C9H9FN2O3. The summed E-state index contributed by atoms with van der Waals surface area (Å²) in [5, 5.41) is 10.6. The summed E-state index contributed by atoms with van der Waals surface area (Å²) < 4.78 is 12.7. The average molecular weight is 212 g/mol. The quantitative estimate of drug-likeness (QED) is 0.623. The molecule has 1 atom stereocenters. The molecular weight excluding hydrogens is 203 g/mol. The SMILES string of the molecule is NC(C(=O)O)C(=O)Nc1cccc(F)c1. The number of anilines is 1. The first-order chi connectivity index (χ1) is 7.00. The highest BCUT2D eigenvalue weighted by Gasteiger charge is 2.20. The van der Waals surface area contributed by atoms with Gasteiger partial charge in [0.25, 0.3) is 5.91 Å². The topological polar surface area (TPSA) is 92.4 Å². The lowest BCUT2D eigenvalue weighted by Gasteiger charge is -2.07. The van der Waals surface area contributed by atoms with Crippen LogP contribution in [0, 0.1) is 5.82 Å². The number of carboxylic acid groups (broad SMARTS) is 1. The van der Waals surface area contributed by atoms with Gasteiger partial charge in [-0.1, -0.05) is 6.07 Å². The fourth-order valence-corrected chi connectivity index (χ4v) is 0.898. The average Bonchev–Trinajstić information content (AvgIpc) is 2.16. The number of hydrogen-bond donors (Lipinski definition) is 3. The number of halogens is 1. The summed E-state index contributed by atoms with van der Waals surface area (Å²) in [4.78, 5) is 21.5. The van der Waals surface area contributed by atoms with Gasteiger partial charge in [-0.25, -0.2) is 9.18 Å². The fourth-order valence-electron chi connectivity index (χ4n) is 0.898. The van der Waals surface area contributed by atoms with Crippen molar-refractivity contribution < 1.29 is 19.1 Å². The van der Waals surface area contributed by atoms with Gasteiger partial charge in [-0.05, 0) is 18.2 Å². The van der Waals surface area contributed by atoms with Crippen LogP contribution in [0.25, 0.3) is 0 Å². The Labute approximate surface area is 84.7 Å². The maximum Gasteiger partial charge on any atom is 0.330 e. The zero-order chi connectivity index (χ0) is 11.4. The molecule has 5 nitrogen and oxygen atoms in total. The molecule has 6 heteroatoms. The first-order valence-electron chi connectivity index (χ1n) is 4.05. The molecule has 0 saturated carbocycles. The molecule has 15 heavy (non-hydrogen) atoms. The summed E-state index contributed by atoms with van der Waals surface area (Å²) in [5.41, 5.74) is 5.20. The van der Waals surface area contributed by atoms with E-state index in [1.54, 1.807) is 0 Å². The number of nitrogens with one attached hydrogen (secondary N) is 1. The maximum absolute atomic E-state index is 12.7. The molecule has 0 aliphatic carbocycles. The van der Waals surface area contributed by atoms with E-state index >= 15 is 0 Å². The number of rotatable bonds is 3. The number of benzene rings is 1. The highest BCUT2D eigenvalue weighted by molar-refractivity contribution is 6.07. The number of aliphatic carboxylic acids is 1. The zero-order valence-electron chi connectivity index (χ0n) is 7.61. The van der Waals surface area contributed by atoms with Crippen LogP contribution in [0.5, 0.6) is 0 Å². The molecule has 0 bridgehead atoms. The first-order valence-corrected chi connectivity index (χ1v) is 4.05. The third kappa shape index (κ3) is 3.03. The van der Waals surface area contributed by atoms with Crippen LogP contribution >= 0.6 is 0 Å². The Morgan fingerprint density at radius 1 is 1.47 bits per heavy atom. The molecule has 0 spiro atoms. The summed E-state index contributed by atoms with van der Waals surface area (Å²) >= 11 is 0. The van der Waals surface area contributed by atoms with E-state index in [2.05, 4.69) is 5.32 Å². The monoisotopic (exact) mass is 212 g/mol. The summed E-state index contributed by atoms with van der Waals surface area (Å²) in [6, 6.07) is 3.42. The first kappa shape index (κ1) is 11.1. The van der Waals surface area contributed by atoms with Gasteiger partial charge in [0, 0.05) is 5.69 Å². The van der Waals surface area contributed by atoms with Crippen molar-refractivity contribution >= 4 is 17.6 Å². The Balaban J connectivity index is 2.70. The molecule has 1 amide bonds. The van der Waals surface area contributed by atoms with Crippen LogP contribution in [-0.2, 0) is 9.59 Å². The summed E-state index contributed by atoms with van der Waals surface area (Å²) in [7, 11) is 0. The summed E-state index contributed by atoms with van der Waals surface area (Å²) in [5.74, 6) is -2.87. The number of carbonyl (C=O) groups is 2. The lowest BCUT2D eigenvalue weighted by atomic mass is 10.2. The molecule has 0 aliphatic rings. The second-order valence-electron chi connectivity index (χ2n) is 2.82. The van der Waals surface area contributed by atoms with Gasteiger partial charge in [0.1, 0.15) is 5.82 Å². The third-order valence-corrected chi connectivity index (χ3v) is 1.64. The van der Waals surface area contributed by atoms with Crippen LogP contribution in [-0.4, -0.2) is 23.0 Å². The molecule has 1 rings (SSSR count). The van der Waals surface area contributed by atoms with Gasteiger partial charge in [-0.2, -0.15) is 0 Å². The normalized spacial score (nSPS) is 11.9. The molecule has 0 fully saturated rings. The van der Waals surface area contributed by atoms with Gasteiger partial charge in [0.15, 0.2) is 6.04 Å². The lowest BCUT2D eigenvalue weighted by Crippen LogP contribution is -2.42. The van der Waals surface area contributed by atoms with Crippen LogP contribution in [0.15, 0.2) is 24.3 Å². The van der Waals surface area contributed by atoms with Crippen molar-refractivity contribution in [2.75, 3.05) is 5.32 Å². The molecule has 0 radical (unpaired) electrons. The molecule has 0 heterocycles. The Kier molecular flexibility index (Phi) is 3.35. The summed E-state index contributed by atoms with van der Waals surface area (Å²) in [6.45, 7) is 0. The predicted molar refractivity (Wildman–Crippen MR) is 50.6 cm³/mol. The van der Waals surface area contributed by atoms with Crippen LogP contribution in [0.3, 0.4) is 0 Å². The van der Waals surface area contributed by atoms with E-state index in [0.717, 1.165) is 6.07 Å². The Morgan fingerprint density at radius 3 is 2.67 bits per heavy atom. The van der Waals surface area contributed by atoms with E-state index in [9.17, 15) is 14.0 Å². The molecule has 4 N–H and O–H groups in total.